The number of amides is 1. The number of hydrogen-bond acceptors (Lipinski definition) is 4. The standard InChI is InChI=1S/C28H23N3O3S/c1-19-7-5-8-20(2)27(19)31-35(33,34)25-15-13-24(14-16-25)30-28(32)23(18-29)17-22-11-6-10-21-9-3-4-12-26(21)22/h3-17,31H,1-2H3,(H,30,32)/b23-17+. The predicted octanol–water partition coefficient (Wildman–Crippen LogP) is 5.80. The Morgan fingerprint density at radius 2 is 1.49 bits per heavy atom. The minimum Gasteiger partial charge on any atom is -0.321 e. The second-order valence-corrected chi connectivity index (χ2v) is 9.77. The van der Waals surface area contributed by atoms with Crippen LogP contribution in [0, 0.1) is 25.2 Å². The van der Waals surface area contributed by atoms with Crippen molar-refractivity contribution < 1.29 is 13.2 Å². The van der Waals surface area contributed by atoms with Crippen LogP contribution in [0.25, 0.3) is 16.8 Å². The maximum Gasteiger partial charge on any atom is 0.266 e. The summed E-state index contributed by atoms with van der Waals surface area (Å²) in [5.41, 5.74) is 3.25. The molecule has 0 unspecified atom stereocenters. The lowest BCUT2D eigenvalue weighted by molar-refractivity contribution is -0.112. The van der Waals surface area contributed by atoms with Crippen LogP contribution in [0.2, 0.25) is 0 Å². The van der Waals surface area contributed by atoms with Crippen molar-refractivity contribution >= 4 is 44.2 Å². The fraction of sp³-hybridized carbons (Fsp3) is 0.0714. The molecule has 0 aromatic heterocycles. The molecule has 1 amide bonds. The Balaban J connectivity index is 1.53. The van der Waals surface area contributed by atoms with E-state index in [1.165, 1.54) is 24.3 Å². The summed E-state index contributed by atoms with van der Waals surface area (Å²) in [6, 6.07) is 26.7. The Labute approximate surface area is 204 Å². The van der Waals surface area contributed by atoms with Crippen LogP contribution in [0.1, 0.15) is 16.7 Å². The van der Waals surface area contributed by atoms with E-state index in [2.05, 4.69) is 10.0 Å². The summed E-state index contributed by atoms with van der Waals surface area (Å²) in [6.45, 7) is 3.67. The van der Waals surface area contributed by atoms with Gasteiger partial charge in [-0.2, -0.15) is 5.26 Å². The summed E-state index contributed by atoms with van der Waals surface area (Å²) in [7, 11) is -3.81. The number of fused-ring (bicyclic) bond motifs is 1. The molecule has 0 saturated carbocycles. The number of sulfonamides is 1. The minimum atomic E-state index is -3.81. The van der Waals surface area contributed by atoms with Gasteiger partial charge in [0.25, 0.3) is 15.9 Å². The van der Waals surface area contributed by atoms with E-state index in [4.69, 9.17) is 0 Å². The van der Waals surface area contributed by atoms with Crippen LogP contribution in [0.3, 0.4) is 0 Å². The Kier molecular flexibility index (Phi) is 6.67. The molecule has 0 saturated heterocycles. The fourth-order valence-electron chi connectivity index (χ4n) is 3.77. The zero-order valence-electron chi connectivity index (χ0n) is 19.2. The third kappa shape index (κ3) is 5.24. The van der Waals surface area contributed by atoms with E-state index in [1.807, 2.05) is 80.6 Å². The number of anilines is 2. The molecule has 35 heavy (non-hydrogen) atoms. The van der Waals surface area contributed by atoms with Crippen LogP contribution in [0.5, 0.6) is 0 Å². The highest BCUT2D eigenvalue weighted by atomic mass is 32.2. The summed E-state index contributed by atoms with van der Waals surface area (Å²) < 4.78 is 28.3. The van der Waals surface area contributed by atoms with Crippen LogP contribution in [0.4, 0.5) is 11.4 Å². The summed E-state index contributed by atoms with van der Waals surface area (Å²) in [5.74, 6) is -0.579. The van der Waals surface area contributed by atoms with Crippen molar-refractivity contribution in [2.75, 3.05) is 10.0 Å². The monoisotopic (exact) mass is 481 g/mol. The third-order valence-corrected chi connectivity index (χ3v) is 6.99. The smallest absolute Gasteiger partial charge is 0.266 e. The van der Waals surface area contributed by atoms with Gasteiger partial charge in [0.15, 0.2) is 0 Å². The largest absolute Gasteiger partial charge is 0.321 e. The summed E-state index contributed by atoms with van der Waals surface area (Å²) in [4.78, 5) is 12.8. The lowest BCUT2D eigenvalue weighted by Gasteiger charge is -2.13. The van der Waals surface area contributed by atoms with E-state index in [0.29, 0.717) is 11.4 Å². The minimum absolute atomic E-state index is 0.0601. The van der Waals surface area contributed by atoms with Crippen LogP contribution in [-0.2, 0) is 14.8 Å². The lowest BCUT2D eigenvalue weighted by atomic mass is 10.0. The van der Waals surface area contributed by atoms with Gasteiger partial charge in [-0.15, -0.1) is 0 Å². The first-order valence-electron chi connectivity index (χ1n) is 10.9. The van der Waals surface area contributed by atoms with Gasteiger partial charge in [0.05, 0.1) is 10.6 Å². The molecule has 174 valence electrons. The Morgan fingerprint density at radius 3 is 2.17 bits per heavy atom. The fourth-order valence-corrected chi connectivity index (χ4v) is 4.97. The molecule has 0 radical (unpaired) electrons. The highest BCUT2D eigenvalue weighted by Gasteiger charge is 2.17. The summed E-state index contributed by atoms with van der Waals surface area (Å²) in [6.07, 6.45) is 1.55. The van der Waals surface area contributed by atoms with Gasteiger partial charge in [0, 0.05) is 5.69 Å². The molecule has 0 spiro atoms. The number of nitrogens with one attached hydrogen (secondary N) is 2. The molecule has 2 N–H and O–H groups in total. The van der Waals surface area contributed by atoms with Crippen molar-refractivity contribution in [3.8, 4) is 6.07 Å². The highest BCUT2D eigenvalue weighted by Crippen LogP contribution is 2.25. The zero-order chi connectivity index (χ0) is 25.0. The molecular weight excluding hydrogens is 458 g/mol. The number of nitriles is 1. The van der Waals surface area contributed by atoms with Gasteiger partial charge in [0.1, 0.15) is 11.6 Å². The number of rotatable bonds is 6. The zero-order valence-corrected chi connectivity index (χ0v) is 20.1. The topological polar surface area (TPSA) is 99.1 Å². The Bertz CT molecular complexity index is 1570. The summed E-state index contributed by atoms with van der Waals surface area (Å²) in [5, 5.41) is 14.2. The van der Waals surface area contributed by atoms with Gasteiger partial charge in [-0.1, -0.05) is 60.7 Å². The van der Waals surface area contributed by atoms with Gasteiger partial charge >= 0.3 is 0 Å². The van der Waals surface area contributed by atoms with Crippen molar-refractivity contribution in [1.82, 2.24) is 0 Å². The van der Waals surface area contributed by atoms with Crippen LogP contribution >= 0.6 is 0 Å². The SMILES string of the molecule is Cc1cccc(C)c1NS(=O)(=O)c1ccc(NC(=O)/C(C#N)=C/c2cccc3ccccc23)cc1. The highest BCUT2D eigenvalue weighted by molar-refractivity contribution is 7.92. The number of benzene rings is 4. The predicted molar refractivity (Wildman–Crippen MR) is 139 cm³/mol. The quantitative estimate of drug-likeness (QED) is 0.268. The molecule has 0 aliphatic heterocycles. The second-order valence-electron chi connectivity index (χ2n) is 8.09. The molecule has 0 heterocycles. The van der Waals surface area contributed by atoms with Crippen LogP contribution in [-0.4, -0.2) is 14.3 Å². The molecule has 0 aliphatic carbocycles. The molecule has 0 fully saturated rings. The molecular formula is C28H23N3O3S. The van der Waals surface area contributed by atoms with Gasteiger partial charge in [0.2, 0.25) is 0 Å². The van der Waals surface area contributed by atoms with Crippen LogP contribution in [0.15, 0.2) is 95.4 Å². The van der Waals surface area contributed by atoms with E-state index in [0.717, 1.165) is 27.5 Å². The van der Waals surface area contributed by atoms with Gasteiger partial charge in [-0.25, -0.2) is 8.42 Å². The third-order valence-electron chi connectivity index (χ3n) is 5.63. The van der Waals surface area contributed by atoms with Crippen molar-refractivity contribution in [2.45, 2.75) is 18.7 Å². The maximum absolute atomic E-state index is 12.9. The van der Waals surface area contributed by atoms with E-state index in [9.17, 15) is 18.5 Å². The van der Waals surface area contributed by atoms with Crippen molar-refractivity contribution in [3.05, 3.63) is 107 Å². The van der Waals surface area contributed by atoms with Gasteiger partial charge < -0.3 is 5.32 Å². The second kappa shape index (κ2) is 9.84. The average molecular weight is 482 g/mol. The summed E-state index contributed by atoms with van der Waals surface area (Å²) >= 11 is 0. The number of carbonyl (C=O) groups excluding carboxylic acids is 1. The average Bonchev–Trinajstić information content (AvgIpc) is 2.85. The number of aryl methyl sites for hydroxylation is 2. The number of carbonyl (C=O) groups is 1. The first kappa shape index (κ1) is 23.7. The number of para-hydroxylation sites is 1. The molecule has 4 aromatic rings. The maximum atomic E-state index is 12.9. The van der Waals surface area contributed by atoms with Gasteiger partial charge in [-0.3, -0.25) is 9.52 Å². The number of hydrogen-bond donors (Lipinski definition) is 2. The van der Waals surface area contributed by atoms with E-state index in [-0.39, 0.29) is 10.5 Å². The molecule has 0 atom stereocenters. The normalized spacial score (nSPS) is 11.6. The van der Waals surface area contributed by atoms with Gasteiger partial charge in [-0.05, 0) is 71.7 Å². The molecule has 0 bridgehead atoms. The van der Waals surface area contributed by atoms with Crippen molar-refractivity contribution in [1.29, 1.82) is 5.26 Å². The number of nitrogens with zero attached hydrogens (tertiary/aromatic N) is 1. The molecule has 7 heteroatoms. The first-order chi connectivity index (χ1) is 16.8. The molecule has 4 aromatic carbocycles. The van der Waals surface area contributed by atoms with E-state index >= 15 is 0 Å². The first-order valence-corrected chi connectivity index (χ1v) is 12.4. The molecule has 6 nitrogen and oxygen atoms in total. The molecule has 0 aliphatic rings. The van der Waals surface area contributed by atoms with Crippen LogP contribution < -0.4 is 10.0 Å². The molecule has 4 rings (SSSR count). The van der Waals surface area contributed by atoms with Crippen molar-refractivity contribution in [3.63, 3.8) is 0 Å². The lowest BCUT2D eigenvalue weighted by Crippen LogP contribution is -2.16. The Morgan fingerprint density at radius 1 is 0.857 bits per heavy atom. The van der Waals surface area contributed by atoms with E-state index in [1.54, 1.807) is 6.08 Å². The van der Waals surface area contributed by atoms with E-state index < -0.39 is 15.9 Å². The Hall–Kier alpha value is -4.41. The van der Waals surface area contributed by atoms with Crippen molar-refractivity contribution in [2.24, 2.45) is 0 Å².